The zero-order valence-corrected chi connectivity index (χ0v) is 12.0. The number of hydrogen-bond donors (Lipinski definition) is 0. The molecule has 0 unspecified atom stereocenters. The molecule has 20 heavy (non-hydrogen) atoms. The monoisotopic (exact) mass is 264 g/mol. The van der Waals surface area contributed by atoms with Crippen molar-refractivity contribution >= 4 is 17.6 Å². The van der Waals surface area contributed by atoms with E-state index in [9.17, 15) is 0 Å². The highest BCUT2D eigenvalue weighted by atomic mass is 15.3. The molecule has 0 saturated carbocycles. The van der Waals surface area contributed by atoms with E-state index in [1.165, 1.54) is 5.69 Å². The van der Waals surface area contributed by atoms with E-state index in [0.29, 0.717) is 5.56 Å². The highest BCUT2D eigenvalue weighted by Gasteiger charge is 2.10. The molecule has 0 atom stereocenters. The summed E-state index contributed by atoms with van der Waals surface area (Å²) in [7, 11) is 6.40. The minimum Gasteiger partial charge on any atom is -0.298 e. The van der Waals surface area contributed by atoms with Crippen LogP contribution in [0.2, 0.25) is 0 Å². The lowest BCUT2D eigenvalue weighted by atomic mass is 10.2. The molecule has 0 aliphatic heterocycles. The summed E-state index contributed by atoms with van der Waals surface area (Å²) in [4.78, 5) is 4.44. The van der Waals surface area contributed by atoms with E-state index in [1.807, 2.05) is 30.5 Å². The lowest BCUT2D eigenvalue weighted by molar-refractivity contribution is 0.486. The first-order valence-electron chi connectivity index (χ1n) is 6.45. The average molecular weight is 264 g/mol. The van der Waals surface area contributed by atoms with Crippen molar-refractivity contribution in [3.05, 3.63) is 59.7 Å². The third-order valence-corrected chi connectivity index (χ3v) is 3.03. The summed E-state index contributed by atoms with van der Waals surface area (Å²) < 4.78 is 0.791. The van der Waals surface area contributed by atoms with Crippen molar-refractivity contribution in [1.29, 1.82) is 5.26 Å². The van der Waals surface area contributed by atoms with Crippen molar-refractivity contribution in [3.8, 4) is 6.07 Å². The van der Waals surface area contributed by atoms with E-state index in [1.54, 1.807) is 12.1 Å². The van der Waals surface area contributed by atoms with Crippen LogP contribution < -0.4 is 4.48 Å². The van der Waals surface area contributed by atoms with Crippen molar-refractivity contribution in [2.45, 2.75) is 0 Å². The number of rotatable bonds is 3. The standard InChI is InChI=1S/C17H18N3/c1-20(2,3)17-10-8-16(9-11-17)19-13-15-6-4-14(12-18)5-7-15/h4-11,13H,1-3H3/q+1. The number of nitrogens with zero attached hydrogens (tertiary/aromatic N) is 3. The smallest absolute Gasteiger partial charge is 0.132 e. The van der Waals surface area contributed by atoms with Gasteiger partial charge in [0.2, 0.25) is 0 Å². The Labute approximate surface area is 120 Å². The number of nitriles is 1. The number of benzene rings is 2. The van der Waals surface area contributed by atoms with Crippen LogP contribution in [-0.2, 0) is 0 Å². The molecule has 0 spiro atoms. The highest BCUT2D eigenvalue weighted by molar-refractivity contribution is 5.82. The van der Waals surface area contributed by atoms with E-state index < -0.39 is 0 Å². The van der Waals surface area contributed by atoms with Crippen molar-refractivity contribution < 1.29 is 0 Å². The van der Waals surface area contributed by atoms with Crippen LogP contribution in [0.1, 0.15) is 11.1 Å². The first-order valence-corrected chi connectivity index (χ1v) is 6.45. The molecule has 0 fully saturated rings. The van der Waals surface area contributed by atoms with Crippen LogP contribution in [0.5, 0.6) is 0 Å². The van der Waals surface area contributed by atoms with Gasteiger partial charge < -0.3 is 0 Å². The Balaban J connectivity index is 2.13. The summed E-state index contributed by atoms with van der Waals surface area (Å²) in [6, 6.07) is 17.7. The lowest BCUT2D eigenvalue weighted by Crippen LogP contribution is -2.34. The zero-order valence-electron chi connectivity index (χ0n) is 12.0. The van der Waals surface area contributed by atoms with Gasteiger partial charge in [0.25, 0.3) is 0 Å². The van der Waals surface area contributed by atoms with Crippen LogP contribution >= 0.6 is 0 Å². The number of quaternary nitrogens is 1. The Kier molecular flexibility index (Phi) is 3.97. The topological polar surface area (TPSA) is 36.1 Å². The Bertz CT molecular complexity index is 639. The molecule has 0 N–H and O–H groups in total. The molecule has 0 aliphatic carbocycles. The quantitative estimate of drug-likeness (QED) is 0.617. The normalized spacial score (nSPS) is 11.5. The van der Waals surface area contributed by atoms with Gasteiger partial charge in [-0.25, -0.2) is 0 Å². The molecule has 0 aliphatic rings. The Morgan fingerprint density at radius 1 is 0.950 bits per heavy atom. The van der Waals surface area contributed by atoms with Crippen LogP contribution in [-0.4, -0.2) is 27.4 Å². The van der Waals surface area contributed by atoms with Crippen LogP contribution in [0.4, 0.5) is 11.4 Å². The van der Waals surface area contributed by atoms with Gasteiger partial charge in [0.05, 0.1) is 38.5 Å². The first kappa shape index (κ1) is 14.0. The largest absolute Gasteiger partial charge is 0.298 e. The van der Waals surface area contributed by atoms with Gasteiger partial charge in [0.1, 0.15) is 5.69 Å². The predicted molar refractivity (Wildman–Crippen MR) is 84.4 cm³/mol. The van der Waals surface area contributed by atoms with Crippen molar-refractivity contribution in [3.63, 3.8) is 0 Å². The maximum atomic E-state index is 8.74. The van der Waals surface area contributed by atoms with Gasteiger partial charge in [-0.15, -0.1) is 0 Å². The summed E-state index contributed by atoms with van der Waals surface area (Å²) >= 11 is 0. The first-order chi connectivity index (χ1) is 9.49. The van der Waals surface area contributed by atoms with Gasteiger partial charge in [0, 0.05) is 18.3 Å². The SMILES string of the molecule is C[N+](C)(C)c1ccc(N=Cc2ccc(C#N)cc2)cc1. The average Bonchev–Trinajstić information content (AvgIpc) is 2.45. The molecule has 0 aromatic heterocycles. The van der Waals surface area contributed by atoms with Crippen LogP contribution in [0.25, 0.3) is 0 Å². The molecule has 0 saturated heterocycles. The fourth-order valence-electron chi connectivity index (χ4n) is 1.78. The van der Waals surface area contributed by atoms with Crippen LogP contribution in [0.3, 0.4) is 0 Å². The van der Waals surface area contributed by atoms with Crippen LogP contribution in [0, 0.1) is 11.3 Å². The summed E-state index contributed by atoms with van der Waals surface area (Å²) in [5.74, 6) is 0. The molecule has 3 heteroatoms. The second-order valence-corrected chi connectivity index (χ2v) is 5.52. The second kappa shape index (κ2) is 5.68. The predicted octanol–water partition coefficient (Wildman–Crippen LogP) is 3.51. The molecule has 3 nitrogen and oxygen atoms in total. The molecule has 2 aromatic carbocycles. The van der Waals surface area contributed by atoms with Crippen molar-refractivity contribution in [2.24, 2.45) is 4.99 Å². The van der Waals surface area contributed by atoms with Crippen molar-refractivity contribution in [2.75, 3.05) is 21.1 Å². The van der Waals surface area contributed by atoms with E-state index in [-0.39, 0.29) is 0 Å². The zero-order chi connectivity index (χ0) is 14.6. The molecular weight excluding hydrogens is 246 g/mol. The maximum Gasteiger partial charge on any atom is 0.132 e. The molecule has 0 heterocycles. The fourth-order valence-corrected chi connectivity index (χ4v) is 1.78. The van der Waals surface area contributed by atoms with Gasteiger partial charge in [-0.05, 0) is 29.8 Å². The molecule has 0 bridgehead atoms. The summed E-state index contributed by atoms with van der Waals surface area (Å²) in [6.07, 6.45) is 1.81. The number of aliphatic imine (C=N–C) groups is 1. The van der Waals surface area contributed by atoms with E-state index in [2.05, 4.69) is 44.3 Å². The molecule has 2 rings (SSSR count). The van der Waals surface area contributed by atoms with Gasteiger partial charge in [0.15, 0.2) is 0 Å². The highest BCUT2D eigenvalue weighted by Crippen LogP contribution is 2.21. The third-order valence-electron chi connectivity index (χ3n) is 3.03. The summed E-state index contributed by atoms with van der Waals surface area (Å²) in [6.45, 7) is 0. The maximum absolute atomic E-state index is 8.74. The lowest BCUT2D eigenvalue weighted by Gasteiger charge is -2.23. The van der Waals surface area contributed by atoms with E-state index >= 15 is 0 Å². The van der Waals surface area contributed by atoms with E-state index in [4.69, 9.17) is 5.26 Å². The molecule has 100 valence electrons. The second-order valence-electron chi connectivity index (χ2n) is 5.52. The van der Waals surface area contributed by atoms with Crippen LogP contribution in [0.15, 0.2) is 53.5 Å². The summed E-state index contributed by atoms with van der Waals surface area (Å²) in [5, 5.41) is 8.74. The van der Waals surface area contributed by atoms with Gasteiger partial charge >= 0.3 is 0 Å². The third kappa shape index (κ3) is 3.53. The van der Waals surface area contributed by atoms with Gasteiger partial charge in [-0.1, -0.05) is 12.1 Å². The Morgan fingerprint density at radius 2 is 1.55 bits per heavy atom. The minimum absolute atomic E-state index is 0.662. The molecule has 0 radical (unpaired) electrons. The Morgan fingerprint density at radius 3 is 2.05 bits per heavy atom. The van der Waals surface area contributed by atoms with Gasteiger partial charge in [-0.2, -0.15) is 5.26 Å². The Hall–Kier alpha value is -2.44. The summed E-state index contributed by atoms with van der Waals surface area (Å²) in [5.41, 5.74) is 3.81. The minimum atomic E-state index is 0.662. The molecular formula is C17H18N3+. The van der Waals surface area contributed by atoms with E-state index in [0.717, 1.165) is 15.7 Å². The number of hydrogen-bond acceptors (Lipinski definition) is 2. The van der Waals surface area contributed by atoms with Gasteiger partial charge in [-0.3, -0.25) is 9.48 Å². The molecule has 0 amide bonds. The van der Waals surface area contributed by atoms with Crippen molar-refractivity contribution in [1.82, 2.24) is 4.48 Å². The molecule has 2 aromatic rings. The fraction of sp³-hybridized carbons (Fsp3) is 0.176.